The van der Waals surface area contributed by atoms with Crippen molar-refractivity contribution in [1.82, 2.24) is 9.88 Å². The van der Waals surface area contributed by atoms with Crippen LogP contribution in [0.2, 0.25) is 0 Å². The van der Waals surface area contributed by atoms with Gasteiger partial charge in [0.15, 0.2) is 5.69 Å². The van der Waals surface area contributed by atoms with Crippen LogP contribution < -0.4 is 16.2 Å². The molecule has 32 heavy (non-hydrogen) atoms. The number of anilines is 1. The Morgan fingerprint density at radius 1 is 1.25 bits per heavy atom. The number of ether oxygens (including phenoxy) is 1. The Hall–Kier alpha value is -3.59. The zero-order valence-corrected chi connectivity index (χ0v) is 18.9. The normalized spacial score (nSPS) is 11.6. The highest BCUT2D eigenvalue weighted by atomic mass is 32.1. The highest BCUT2D eigenvalue weighted by Crippen LogP contribution is 2.30. The molecule has 8 nitrogen and oxygen atoms in total. The lowest BCUT2D eigenvalue weighted by molar-refractivity contribution is -0.143. The molecule has 0 radical (unpaired) electrons. The third-order valence-electron chi connectivity index (χ3n) is 4.92. The van der Waals surface area contributed by atoms with E-state index in [1.54, 1.807) is 18.3 Å². The third kappa shape index (κ3) is 5.36. The predicted octanol–water partition coefficient (Wildman–Crippen LogP) is 3.94. The summed E-state index contributed by atoms with van der Waals surface area (Å²) < 4.78 is 6.30. The third-order valence-corrected chi connectivity index (χ3v) is 5.78. The van der Waals surface area contributed by atoms with E-state index < -0.39 is 23.6 Å². The number of carbonyl (C=O) groups is 2. The SMILES string of the molecule is CCOC(=O)CC(NC(=O)Nc1c(O)ccn(C)c1=O)c1cccc(-c2cscc2C)c1. The Morgan fingerprint density at radius 3 is 2.72 bits per heavy atom. The van der Waals surface area contributed by atoms with E-state index in [-0.39, 0.29) is 24.5 Å². The maximum Gasteiger partial charge on any atom is 0.319 e. The maximum absolute atomic E-state index is 12.7. The molecule has 0 spiro atoms. The molecule has 3 rings (SSSR count). The molecule has 0 aliphatic rings. The summed E-state index contributed by atoms with van der Waals surface area (Å²) in [4.78, 5) is 37.1. The molecule has 2 heterocycles. The molecule has 1 unspecified atom stereocenters. The van der Waals surface area contributed by atoms with Crippen LogP contribution in [0, 0.1) is 6.92 Å². The highest BCUT2D eigenvalue weighted by Gasteiger charge is 2.21. The summed E-state index contributed by atoms with van der Waals surface area (Å²) in [6, 6.07) is 7.42. The van der Waals surface area contributed by atoms with Crippen molar-refractivity contribution in [3.63, 3.8) is 0 Å². The van der Waals surface area contributed by atoms with Gasteiger partial charge in [-0.25, -0.2) is 4.79 Å². The Labute approximate surface area is 189 Å². The first-order valence-electron chi connectivity index (χ1n) is 10.0. The number of nitrogens with zero attached hydrogens (tertiary/aromatic N) is 1. The van der Waals surface area contributed by atoms with E-state index >= 15 is 0 Å². The molecule has 2 aromatic heterocycles. The van der Waals surface area contributed by atoms with E-state index in [4.69, 9.17) is 4.74 Å². The van der Waals surface area contributed by atoms with Crippen molar-refractivity contribution in [3.05, 3.63) is 68.8 Å². The zero-order valence-electron chi connectivity index (χ0n) is 18.0. The Kier molecular flexibility index (Phi) is 7.32. The summed E-state index contributed by atoms with van der Waals surface area (Å²) in [6.07, 6.45) is 1.30. The largest absolute Gasteiger partial charge is 0.505 e. The molecular weight excluding hydrogens is 430 g/mol. The van der Waals surface area contributed by atoms with Gasteiger partial charge in [-0.2, -0.15) is 11.3 Å². The number of benzene rings is 1. The quantitative estimate of drug-likeness (QED) is 0.468. The van der Waals surface area contributed by atoms with E-state index in [9.17, 15) is 19.5 Å². The van der Waals surface area contributed by atoms with Gasteiger partial charge in [0.25, 0.3) is 5.56 Å². The molecule has 0 saturated heterocycles. The summed E-state index contributed by atoms with van der Waals surface area (Å²) in [5.74, 6) is -0.812. The fourth-order valence-corrected chi connectivity index (χ4v) is 4.12. The molecule has 1 atom stereocenters. The number of pyridine rings is 1. The number of amides is 2. The summed E-state index contributed by atoms with van der Waals surface area (Å²) in [7, 11) is 1.51. The number of thiophene rings is 1. The van der Waals surface area contributed by atoms with Gasteiger partial charge in [-0.3, -0.25) is 9.59 Å². The van der Waals surface area contributed by atoms with Gasteiger partial charge < -0.3 is 25.0 Å². The molecule has 2 amide bonds. The van der Waals surface area contributed by atoms with Gasteiger partial charge in [0.1, 0.15) is 5.75 Å². The standard InChI is InChI=1S/C23H25N3O5S/c1-4-31-20(28)11-18(16-7-5-6-15(10-16)17-13-32-12-14(17)2)24-23(30)25-21-19(27)8-9-26(3)22(21)29/h5-10,12-13,18,27H,4,11H2,1-3H3,(H2,24,25,30). The van der Waals surface area contributed by atoms with Crippen LogP contribution in [0.4, 0.5) is 10.5 Å². The highest BCUT2D eigenvalue weighted by molar-refractivity contribution is 7.08. The van der Waals surface area contributed by atoms with Gasteiger partial charge in [0.2, 0.25) is 0 Å². The molecule has 168 valence electrons. The monoisotopic (exact) mass is 455 g/mol. The van der Waals surface area contributed by atoms with Crippen molar-refractivity contribution in [2.75, 3.05) is 11.9 Å². The summed E-state index contributed by atoms with van der Waals surface area (Å²) in [5, 5.41) is 19.2. The van der Waals surface area contributed by atoms with Crippen LogP contribution in [0.25, 0.3) is 11.1 Å². The van der Waals surface area contributed by atoms with Crippen molar-refractivity contribution in [2.45, 2.75) is 26.3 Å². The molecule has 0 fully saturated rings. The van der Waals surface area contributed by atoms with E-state index in [1.807, 2.05) is 36.6 Å². The first-order valence-corrected chi connectivity index (χ1v) is 11.0. The van der Waals surface area contributed by atoms with Crippen molar-refractivity contribution >= 4 is 29.0 Å². The molecule has 0 aliphatic heterocycles. The van der Waals surface area contributed by atoms with Crippen LogP contribution in [0.1, 0.15) is 30.5 Å². The molecule has 0 aliphatic carbocycles. The number of aryl methyl sites for hydroxylation is 2. The van der Waals surface area contributed by atoms with Gasteiger partial charge in [-0.1, -0.05) is 18.2 Å². The van der Waals surface area contributed by atoms with E-state index in [2.05, 4.69) is 16.0 Å². The fourth-order valence-electron chi connectivity index (χ4n) is 3.26. The molecule has 0 saturated carbocycles. The summed E-state index contributed by atoms with van der Waals surface area (Å²) in [5.41, 5.74) is 3.08. The molecule has 3 N–H and O–H groups in total. The Bertz CT molecular complexity index is 1180. The van der Waals surface area contributed by atoms with E-state index in [1.165, 1.54) is 23.9 Å². The number of nitrogens with one attached hydrogen (secondary N) is 2. The molecule has 9 heteroatoms. The van der Waals surface area contributed by atoms with Crippen LogP contribution in [0.15, 0.2) is 52.1 Å². The second kappa shape index (κ2) is 10.1. The lowest BCUT2D eigenvalue weighted by atomic mass is 9.97. The predicted molar refractivity (Wildman–Crippen MR) is 124 cm³/mol. The molecular formula is C23H25N3O5S. The molecule has 3 aromatic rings. The average molecular weight is 456 g/mol. The second-order valence-electron chi connectivity index (χ2n) is 7.25. The lowest BCUT2D eigenvalue weighted by Gasteiger charge is -2.20. The van der Waals surface area contributed by atoms with Gasteiger partial charge in [0.05, 0.1) is 19.1 Å². The molecule has 0 bridgehead atoms. The lowest BCUT2D eigenvalue weighted by Crippen LogP contribution is -2.36. The number of hydrogen-bond donors (Lipinski definition) is 3. The number of aromatic nitrogens is 1. The van der Waals surface area contributed by atoms with Crippen LogP contribution in [0.5, 0.6) is 5.75 Å². The van der Waals surface area contributed by atoms with Gasteiger partial charge in [-0.05, 0) is 59.0 Å². The first-order chi connectivity index (χ1) is 15.3. The van der Waals surface area contributed by atoms with Gasteiger partial charge in [0, 0.05) is 13.2 Å². The summed E-state index contributed by atoms with van der Waals surface area (Å²) >= 11 is 1.60. The Morgan fingerprint density at radius 2 is 2.03 bits per heavy atom. The fraction of sp³-hybridized carbons (Fsp3) is 0.261. The Balaban J connectivity index is 1.88. The number of carbonyl (C=O) groups excluding carboxylic acids is 2. The smallest absolute Gasteiger partial charge is 0.319 e. The zero-order chi connectivity index (χ0) is 23.3. The minimum atomic E-state index is -0.727. The van der Waals surface area contributed by atoms with Crippen LogP contribution in [-0.2, 0) is 16.6 Å². The number of urea groups is 1. The van der Waals surface area contributed by atoms with Crippen molar-refractivity contribution < 1.29 is 19.4 Å². The number of rotatable bonds is 7. The van der Waals surface area contributed by atoms with Crippen LogP contribution in [0.3, 0.4) is 0 Å². The van der Waals surface area contributed by atoms with E-state index in [0.717, 1.165) is 16.7 Å². The number of aromatic hydroxyl groups is 1. The topological polar surface area (TPSA) is 110 Å². The second-order valence-corrected chi connectivity index (χ2v) is 7.99. The maximum atomic E-state index is 12.7. The van der Waals surface area contributed by atoms with Gasteiger partial charge in [-0.15, -0.1) is 0 Å². The first kappa shape index (κ1) is 23.1. The minimum absolute atomic E-state index is 0.0912. The minimum Gasteiger partial charge on any atom is -0.505 e. The van der Waals surface area contributed by atoms with Crippen molar-refractivity contribution in [2.24, 2.45) is 7.05 Å². The van der Waals surface area contributed by atoms with E-state index in [0.29, 0.717) is 5.56 Å². The number of hydrogen-bond acceptors (Lipinski definition) is 6. The average Bonchev–Trinajstić information content (AvgIpc) is 3.19. The van der Waals surface area contributed by atoms with Crippen molar-refractivity contribution in [3.8, 4) is 16.9 Å². The summed E-state index contributed by atoms with van der Waals surface area (Å²) in [6.45, 7) is 3.95. The number of esters is 1. The molecule has 1 aromatic carbocycles. The van der Waals surface area contributed by atoms with Gasteiger partial charge >= 0.3 is 12.0 Å². The van der Waals surface area contributed by atoms with Crippen LogP contribution >= 0.6 is 11.3 Å². The van der Waals surface area contributed by atoms with Crippen molar-refractivity contribution in [1.29, 1.82) is 0 Å². The van der Waals surface area contributed by atoms with Crippen LogP contribution in [-0.4, -0.2) is 28.3 Å².